The molecule has 1 aliphatic heterocycles. The molecule has 1 heterocycles. The number of likely N-dealkylation sites (tertiary alicyclic amines) is 1. The fourth-order valence-electron chi connectivity index (χ4n) is 2.99. The molecule has 136 valence electrons. The summed E-state index contributed by atoms with van der Waals surface area (Å²) >= 11 is 0. The van der Waals surface area contributed by atoms with E-state index in [0.717, 1.165) is 19.4 Å². The van der Waals surface area contributed by atoms with E-state index in [-0.39, 0.29) is 24.4 Å². The average molecular weight is 359 g/mol. The lowest BCUT2D eigenvalue weighted by molar-refractivity contribution is 0.0657. The summed E-state index contributed by atoms with van der Waals surface area (Å²) in [6.45, 7) is 3.41. The van der Waals surface area contributed by atoms with Gasteiger partial charge < -0.3 is 24.8 Å². The molecule has 0 saturated carbocycles. The monoisotopic (exact) mass is 358 g/mol. The summed E-state index contributed by atoms with van der Waals surface area (Å²) in [6.07, 6.45) is 2.03. The number of hydrogen-bond donors (Lipinski definition) is 1. The molecule has 1 aromatic rings. The van der Waals surface area contributed by atoms with E-state index in [0.29, 0.717) is 35.3 Å². The first-order valence-electron chi connectivity index (χ1n) is 7.86. The molecular formula is C17H27ClN2O4. The van der Waals surface area contributed by atoms with Crippen LogP contribution in [-0.2, 0) is 0 Å². The second kappa shape index (κ2) is 8.99. The first-order valence-corrected chi connectivity index (χ1v) is 7.86. The molecule has 0 spiro atoms. The fourth-order valence-corrected chi connectivity index (χ4v) is 2.99. The largest absolute Gasteiger partial charge is 0.496 e. The van der Waals surface area contributed by atoms with Crippen LogP contribution in [0, 0.1) is 5.92 Å². The number of nitrogens with zero attached hydrogens (tertiary/aromatic N) is 1. The van der Waals surface area contributed by atoms with E-state index in [9.17, 15) is 4.79 Å². The molecule has 7 heteroatoms. The number of amides is 1. The predicted molar refractivity (Wildman–Crippen MR) is 95.6 cm³/mol. The van der Waals surface area contributed by atoms with Crippen molar-refractivity contribution < 1.29 is 19.0 Å². The summed E-state index contributed by atoms with van der Waals surface area (Å²) in [6, 6.07) is 3.44. The highest BCUT2D eigenvalue weighted by Crippen LogP contribution is 2.35. The Morgan fingerprint density at radius 2 is 1.75 bits per heavy atom. The van der Waals surface area contributed by atoms with E-state index in [2.05, 4.69) is 0 Å². The van der Waals surface area contributed by atoms with Crippen LogP contribution in [0.4, 0.5) is 0 Å². The lowest BCUT2D eigenvalue weighted by Gasteiger charge is -2.35. The van der Waals surface area contributed by atoms with Crippen molar-refractivity contribution in [2.24, 2.45) is 11.7 Å². The Bertz CT molecular complexity index is 566. The molecule has 0 aromatic heterocycles. The topological polar surface area (TPSA) is 74.0 Å². The Balaban J connectivity index is 0.00000288. The molecular weight excluding hydrogens is 332 g/mol. The van der Waals surface area contributed by atoms with Gasteiger partial charge in [0.2, 0.25) is 0 Å². The third kappa shape index (κ3) is 4.24. The van der Waals surface area contributed by atoms with Gasteiger partial charge in [0.25, 0.3) is 5.91 Å². The van der Waals surface area contributed by atoms with Gasteiger partial charge in [-0.05, 0) is 25.7 Å². The van der Waals surface area contributed by atoms with Gasteiger partial charge in [-0.1, -0.05) is 0 Å². The zero-order valence-corrected chi connectivity index (χ0v) is 15.5. The van der Waals surface area contributed by atoms with Gasteiger partial charge in [-0.3, -0.25) is 4.79 Å². The van der Waals surface area contributed by atoms with E-state index in [1.54, 1.807) is 33.5 Å². The molecule has 1 amide bonds. The van der Waals surface area contributed by atoms with Crippen LogP contribution in [0.25, 0.3) is 0 Å². The van der Waals surface area contributed by atoms with Crippen molar-refractivity contribution in [3.8, 4) is 17.2 Å². The fraction of sp³-hybridized carbons (Fsp3) is 0.588. The molecule has 1 fully saturated rings. The van der Waals surface area contributed by atoms with Crippen molar-refractivity contribution in [1.82, 2.24) is 4.90 Å². The Labute approximate surface area is 149 Å². The van der Waals surface area contributed by atoms with Crippen LogP contribution in [0.5, 0.6) is 17.2 Å². The van der Waals surface area contributed by atoms with Gasteiger partial charge in [-0.15, -0.1) is 12.4 Å². The van der Waals surface area contributed by atoms with E-state index in [1.807, 2.05) is 11.8 Å². The minimum absolute atomic E-state index is 0. The smallest absolute Gasteiger partial charge is 0.257 e. The zero-order chi connectivity index (χ0) is 17.0. The molecule has 6 nitrogen and oxygen atoms in total. The number of hydrogen-bond acceptors (Lipinski definition) is 5. The number of ether oxygens (including phenoxy) is 3. The number of halogens is 1. The van der Waals surface area contributed by atoms with Gasteiger partial charge in [-0.25, -0.2) is 0 Å². The van der Waals surface area contributed by atoms with Crippen LogP contribution < -0.4 is 19.9 Å². The molecule has 2 atom stereocenters. The van der Waals surface area contributed by atoms with Crippen molar-refractivity contribution in [3.05, 3.63) is 17.7 Å². The molecule has 0 radical (unpaired) electrons. The summed E-state index contributed by atoms with van der Waals surface area (Å²) in [7, 11) is 4.64. The molecule has 0 aliphatic carbocycles. The molecule has 2 unspecified atom stereocenters. The van der Waals surface area contributed by atoms with E-state index in [4.69, 9.17) is 19.9 Å². The SMILES string of the molecule is COc1cc(OC)c(C(=O)N2CCCC(C(C)N)C2)cc1OC.Cl. The van der Waals surface area contributed by atoms with Gasteiger partial charge in [0.05, 0.1) is 26.9 Å². The highest BCUT2D eigenvalue weighted by molar-refractivity contribution is 5.98. The maximum Gasteiger partial charge on any atom is 0.257 e. The number of benzene rings is 1. The Hall–Kier alpha value is -1.66. The van der Waals surface area contributed by atoms with Crippen LogP contribution in [0.15, 0.2) is 12.1 Å². The van der Waals surface area contributed by atoms with Gasteiger partial charge in [0.1, 0.15) is 5.75 Å². The van der Waals surface area contributed by atoms with Crippen LogP contribution in [0.3, 0.4) is 0 Å². The number of piperidine rings is 1. The zero-order valence-electron chi connectivity index (χ0n) is 14.7. The van der Waals surface area contributed by atoms with Crippen molar-refractivity contribution >= 4 is 18.3 Å². The number of nitrogens with two attached hydrogens (primary N) is 1. The highest BCUT2D eigenvalue weighted by Gasteiger charge is 2.28. The van der Waals surface area contributed by atoms with Crippen molar-refractivity contribution in [2.75, 3.05) is 34.4 Å². The van der Waals surface area contributed by atoms with E-state index in [1.165, 1.54) is 0 Å². The molecule has 24 heavy (non-hydrogen) atoms. The van der Waals surface area contributed by atoms with E-state index < -0.39 is 0 Å². The molecule has 0 bridgehead atoms. The summed E-state index contributed by atoms with van der Waals surface area (Å²) < 4.78 is 15.9. The minimum atomic E-state index is -0.0619. The summed E-state index contributed by atoms with van der Waals surface area (Å²) in [5, 5.41) is 0. The van der Waals surface area contributed by atoms with Gasteiger partial charge in [0.15, 0.2) is 11.5 Å². The van der Waals surface area contributed by atoms with Crippen LogP contribution in [0.2, 0.25) is 0 Å². The summed E-state index contributed by atoms with van der Waals surface area (Å²) in [5.74, 6) is 1.80. The van der Waals surface area contributed by atoms with Crippen LogP contribution in [-0.4, -0.2) is 51.3 Å². The van der Waals surface area contributed by atoms with Gasteiger partial charge in [0, 0.05) is 31.3 Å². The molecule has 1 aromatic carbocycles. The second-order valence-electron chi connectivity index (χ2n) is 5.92. The maximum atomic E-state index is 12.9. The standard InChI is InChI=1S/C17H26N2O4.ClH/c1-11(18)12-6-5-7-19(10-12)17(20)13-8-15(22-3)16(23-4)9-14(13)21-2;/h8-9,11-12H,5-7,10,18H2,1-4H3;1H. The lowest BCUT2D eigenvalue weighted by Crippen LogP contribution is -2.45. The molecule has 2 N–H and O–H groups in total. The third-order valence-electron chi connectivity index (χ3n) is 4.42. The average Bonchev–Trinajstić information content (AvgIpc) is 2.59. The number of methoxy groups -OCH3 is 3. The lowest BCUT2D eigenvalue weighted by atomic mass is 9.92. The van der Waals surface area contributed by atoms with Crippen molar-refractivity contribution in [1.29, 1.82) is 0 Å². The molecule has 1 saturated heterocycles. The Morgan fingerprint density at radius 1 is 1.17 bits per heavy atom. The van der Waals surface area contributed by atoms with Gasteiger partial charge >= 0.3 is 0 Å². The quantitative estimate of drug-likeness (QED) is 0.874. The van der Waals surface area contributed by atoms with Crippen LogP contribution in [0.1, 0.15) is 30.1 Å². The minimum Gasteiger partial charge on any atom is -0.496 e. The number of carbonyl (C=O) groups is 1. The Morgan fingerprint density at radius 3 is 2.29 bits per heavy atom. The number of rotatable bonds is 5. The van der Waals surface area contributed by atoms with Crippen molar-refractivity contribution in [2.45, 2.75) is 25.8 Å². The maximum absolute atomic E-state index is 12.9. The molecule has 1 aliphatic rings. The van der Waals surface area contributed by atoms with Gasteiger partial charge in [-0.2, -0.15) is 0 Å². The van der Waals surface area contributed by atoms with E-state index >= 15 is 0 Å². The number of carbonyl (C=O) groups excluding carboxylic acids is 1. The van der Waals surface area contributed by atoms with Crippen molar-refractivity contribution in [3.63, 3.8) is 0 Å². The highest BCUT2D eigenvalue weighted by atomic mass is 35.5. The first kappa shape index (κ1) is 20.4. The molecule has 2 rings (SSSR count). The second-order valence-corrected chi connectivity index (χ2v) is 5.92. The third-order valence-corrected chi connectivity index (χ3v) is 4.42. The Kier molecular flexibility index (Phi) is 7.63. The normalized spacial score (nSPS) is 18.4. The predicted octanol–water partition coefficient (Wildman–Crippen LogP) is 2.33. The van der Waals surface area contributed by atoms with Crippen LogP contribution >= 0.6 is 12.4 Å². The summed E-state index contributed by atoms with van der Waals surface area (Å²) in [4.78, 5) is 14.8. The summed E-state index contributed by atoms with van der Waals surface area (Å²) in [5.41, 5.74) is 6.49. The first-order chi connectivity index (χ1) is 11.0.